The summed E-state index contributed by atoms with van der Waals surface area (Å²) >= 11 is 0. The predicted molar refractivity (Wildman–Crippen MR) is 57.9 cm³/mol. The monoisotopic (exact) mass is 220 g/mol. The Bertz CT molecular complexity index is 395. The molecule has 0 unspecified atom stereocenters. The maximum Gasteiger partial charge on any atom is 0.338 e. The van der Waals surface area contributed by atoms with Crippen molar-refractivity contribution in [1.82, 2.24) is 0 Å². The lowest BCUT2D eigenvalue weighted by atomic mass is 10.2. The molecule has 0 radical (unpaired) electrons. The zero-order valence-electron chi connectivity index (χ0n) is 8.93. The minimum atomic E-state index is -0.583. The van der Waals surface area contributed by atoms with Crippen LogP contribution in [0, 0.1) is 0 Å². The quantitative estimate of drug-likeness (QED) is 0.571. The number of hydrogen-bond donors (Lipinski definition) is 0. The van der Waals surface area contributed by atoms with E-state index in [9.17, 15) is 9.59 Å². The molecule has 0 amide bonds. The Labute approximate surface area is 93.5 Å². The molecule has 0 heterocycles. The van der Waals surface area contributed by atoms with Crippen LogP contribution in [0.5, 0.6) is 0 Å². The van der Waals surface area contributed by atoms with Crippen LogP contribution in [0.4, 0.5) is 0 Å². The molecule has 0 spiro atoms. The van der Waals surface area contributed by atoms with Gasteiger partial charge in [0.25, 0.3) is 0 Å². The van der Waals surface area contributed by atoms with E-state index in [-0.39, 0.29) is 12.2 Å². The van der Waals surface area contributed by atoms with Crippen LogP contribution >= 0.6 is 0 Å². The van der Waals surface area contributed by atoms with Gasteiger partial charge in [0, 0.05) is 0 Å². The zero-order valence-corrected chi connectivity index (χ0v) is 8.93. The van der Waals surface area contributed by atoms with E-state index in [4.69, 9.17) is 4.74 Å². The molecular formula is C12H12O4. The first-order valence-corrected chi connectivity index (χ1v) is 4.63. The van der Waals surface area contributed by atoms with Crippen molar-refractivity contribution in [2.24, 2.45) is 0 Å². The SMILES string of the molecule is C=C(COC(=O)c1ccccc1)C(=O)OC. The first-order valence-electron chi connectivity index (χ1n) is 4.63. The Hall–Kier alpha value is -2.10. The molecule has 1 rings (SSSR count). The molecule has 0 atom stereocenters. The highest BCUT2D eigenvalue weighted by Crippen LogP contribution is 2.03. The van der Waals surface area contributed by atoms with E-state index in [0.29, 0.717) is 5.56 Å². The van der Waals surface area contributed by atoms with Gasteiger partial charge in [-0.25, -0.2) is 9.59 Å². The summed E-state index contributed by atoms with van der Waals surface area (Å²) < 4.78 is 9.29. The van der Waals surface area contributed by atoms with E-state index in [1.165, 1.54) is 7.11 Å². The fourth-order valence-electron chi connectivity index (χ4n) is 1.01. The van der Waals surface area contributed by atoms with E-state index in [0.717, 1.165) is 0 Å². The predicted octanol–water partition coefficient (Wildman–Crippen LogP) is 1.57. The summed E-state index contributed by atoms with van der Waals surface area (Å²) in [4.78, 5) is 22.4. The highest BCUT2D eigenvalue weighted by Gasteiger charge is 2.11. The summed E-state index contributed by atoms with van der Waals surface area (Å²) in [5.41, 5.74) is 0.534. The van der Waals surface area contributed by atoms with Gasteiger partial charge in [-0.2, -0.15) is 0 Å². The van der Waals surface area contributed by atoms with Gasteiger partial charge in [0.15, 0.2) is 0 Å². The molecule has 0 N–H and O–H groups in total. The van der Waals surface area contributed by atoms with Gasteiger partial charge in [-0.1, -0.05) is 24.8 Å². The number of methoxy groups -OCH3 is 1. The van der Waals surface area contributed by atoms with Crippen molar-refractivity contribution in [1.29, 1.82) is 0 Å². The third-order valence-electron chi connectivity index (χ3n) is 1.86. The lowest BCUT2D eigenvalue weighted by Gasteiger charge is -2.05. The standard InChI is InChI=1S/C12H12O4/c1-9(11(13)15-2)8-16-12(14)10-6-4-3-5-7-10/h3-7H,1,8H2,2H3. The van der Waals surface area contributed by atoms with Gasteiger partial charge < -0.3 is 9.47 Å². The Kier molecular flexibility index (Phi) is 4.27. The third kappa shape index (κ3) is 3.24. The number of rotatable bonds is 4. The fraction of sp³-hybridized carbons (Fsp3) is 0.167. The highest BCUT2D eigenvalue weighted by molar-refractivity contribution is 5.91. The second-order valence-electron chi connectivity index (χ2n) is 3.04. The molecule has 1 aromatic carbocycles. The molecule has 16 heavy (non-hydrogen) atoms. The normalized spacial score (nSPS) is 9.31. The molecule has 0 aliphatic rings. The Morgan fingerprint density at radius 3 is 2.44 bits per heavy atom. The summed E-state index contributed by atoms with van der Waals surface area (Å²) in [6.45, 7) is 3.27. The van der Waals surface area contributed by atoms with E-state index >= 15 is 0 Å². The lowest BCUT2D eigenvalue weighted by Crippen LogP contribution is -2.13. The van der Waals surface area contributed by atoms with Crippen LogP contribution in [0.15, 0.2) is 42.5 Å². The number of esters is 2. The van der Waals surface area contributed by atoms with Gasteiger partial charge in [0.05, 0.1) is 18.2 Å². The average molecular weight is 220 g/mol. The molecule has 0 bridgehead atoms. The number of ether oxygens (including phenoxy) is 2. The van der Waals surface area contributed by atoms with E-state index in [1.807, 2.05) is 0 Å². The summed E-state index contributed by atoms with van der Waals surface area (Å²) in [5, 5.41) is 0. The van der Waals surface area contributed by atoms with Gasteiger partial charge in [0.1, 0.15) is 6.61 Å². The van der Waals surface area contributed by atoms with Crippen molar-refractivity contribution in [3.05, 3.63) is 48.0 Å². The molecule has 0 aliphatic carbocycles. The van der Waals surface area contributed by atoms with E-state index < -0.39 is 11.9 Å². The topological polar surface area (TPSA) is 52.6 Å². The molecule has 0 saturated carbocycles. The summed E-state index contributed by atoms with van der Waals surface area (Å²) in [6, 6.07) is 8.51. The molecule has 0 aromatic heterocycles. The minimum Gasteiger partial charge on any atom is -0.466 e. The van der Waals surface area contributed by atoms with Crippen molar-refractivity contribution in [2.45, 2.75) is 0 Å². The van der Waals surface area contributed by atoms with Crippen LogP contribution < -0.4 is 0 Å². The minimum absolute atomic E-state index is 0.104. The van der Waals surface area contributed by atoms with Gasteiger partial charge in [-0.15, -0.1) is 0 Å². The van der Waals surface area contributed by atoms with E-state index in [1.54, 1.807) is 30.3 Å². The molecular weight excluding hydrogens is 208 g/mol. The molecule has 4 heteroatoms. The number of hydrogen-bond acceptors (Lipinski definition) is 4. The van der Waals surface area contributed by atoms with Crippen molar-refractivity contribution < 1.29 is 19.1 Å². The van der Waals surface area contributed by atoms with Crippen LogP contribution in [0.25, 0.3) is 0 Å². The van der Waals surface area contributed by atoms with Gasteiger partial charge in [0.2, 0.25) is 0 Å². The summed E-state index contributed by atoms with van der Waals surface area (Å²) in [6.07, 6.45) is 0. The van der Waals surface area contributed by atoms with E-state index in [2.05, 4.69) is 11.3 Å². The molecule has 1 aromatic rings. The first-order chi connectivity index (χ1) is 7.65. The van der Waals surface area contributed by atoms with Crippen LogP contribution in [-0.4, -0.2) is 25.7 Å². The fourth-order valence-corrected chi connectivity index (χ4v) is 1.01. The van der Waals surface area contributed by atoms with Crippen LogP contribution in [0.3, 0.4) is 0 Å². The number of carbonyl (C=O) groups is 2. The largest absolute Gasteiger partial charge is 0.466 e. The van der Waals surface area contributed by atoms with Gasteiger partial charge in [-0.05, 0) is 12.1 Å². The van der Waals surface area contributed by atoms with Crippen LogP contribution in [0.2, 0.25) is 0 Å². The smallest absolute Gasteiger partial charge is 0.338 e. The molecule has 84 valence electrons. The van der Waals surface area contributed by atoms with Gasteiger partial charge in [-0.3, -0.25) is 0 Å². The average Bonchev–Trinajstić information content (AvgIpc) is 2.35. The first kappa shape index (κ1) is 12.0. The maximum absolute atomic E-state index is 11.4. The Morgan fingerprint density at radius 1 is 1.25 bits per heavy atom. The zero-order chi connectivity index (χ0) is 12.0. The second kappa shape index (κ2) is 5.70. The highest BCUT2D eigenvalue weighted by atomic mass is 16.5. The van der Waals surface area contributed by atoms with Gasteiger partial charge >= 0.3 is 11.9 Å². The maximum atomic E-state index is 11.4. The van der Waals surface area contributed by atoms with Crippen LogP contribution in [-0.2, 0) is 14.3 Å². The Morgan fingerprint density at radius 2 is 1.88 bits per heavy atom. The molecule has 4 nitrogen and oxygen atoms in total. The van der Waals surface area contributed by atoms with Crippen LogP contribution in [0.1, 0.15) is 10.4 Å². The molecule has 0 fully saturated rings. The van der Waals surface area contributed by atoms with Crippen molar-refractivity contribution in [3.8, 4) is 0 Å². The summed E-state index contributed by atoms with van der Waals surface area (Å²) in [5.74, 6) is -1.08. The lowest BCUT2D eigenvalue weighted by molar-refractivity contribution is -0.136. The summed E-state index contributed by atoms with van der Waals surface area (Å²) in [7, 11) is 1.24. The number of carbonyl (C=O) groups excluding carboxylic acids is 2. The van der Waals surface area contributed by atoms with Crippen molar-refractivity contribution in [2.75, 3.05) is 13.7 Å². The second-order valence-corrected chi connectivity index (χ2v) is 3.04. The number of benzene rings is 1. The molecule has 0 saturated heterocycles. The van der Waals surface area contributed by atoms with Crippen molar-refractivity contribution >= 4 is 11.9 Å². The Balaban J connectivity index is 2.48. The van der Waals surface area contributed by atoms with Crippen molar-refractivity contribution in [3.63, 3.8) is 0 Å². The third-order valence-corrected chi connectivity index (χ3v) is 1.86. The molecule has 0 aliphatic heterocycles.